The predicted molar refractivity (Wildman–Crippen MR) is 68.3 cm³/mol. The van der Waals surface area contributed by atoms with E-state index in [1.165, 1.54) is 37.0 Å². The third-order valence-corrected chi connectivity index (χ3v) is 4.19. The van der Waals surface area contributed by atoms with Gasteiger partial charge in [-0.05, 0) is 19.9 Å². The van der Waals surface area contributed by atoms with Gasteiger partial charge in [0, 0.05) is 23.7 Å². The molecule has 1 fully saturated rings. The molecule has 90 valence electrons. The van der Waals surface area contributed by atoms with E-state index in [9.17, 15) is 0 Å². The number of hydrazine groups is 1. The van der Waals surface area contributed by atoms with Gasteiger partial charge >= 0.3 is 0 Å². The van der Waals surface area contributed by atoms with Crippen molar-refractivity contribution in [1.29, 1.82) is 0 Å². The van der Waals surface area contributed by atoms with Gasteiger partial charge in [-0.3, -0.25) is 10.3 Å². The van der Waals surface area contributed by atoms with Gasteiger partial charge < -0.3 is 0 Å². The molecule has 16 heavy (non-hydrogen) atoms. The molecule has 0 atom stereocenters. The van der Waals surface area contributed by atoms with E-state index >= 15 is 0 Å². The largest absolute Gasteiger partial charge is 0.300 e. The van der Waals surface area contributed by atoms with Gasteiger partial charge in [0.1, 0.15) is 0 Å². The summed E-state index contributed by atoms with van der Waals surface area (Å²) in [6.07, 6.45) is 8.78. The highest BCUT2D eigenvalue weighted by Gasteiger charge is 2.18. The molecule has 2 rings (SSSR count). The van der Waals surface area contributed by atoms with Gasteiger partial charge in [-0.25, -0.2) is 10.8 Å². The standard InChI is InChI=1S/C11H20N4S/c1-15(9-5-3-2-4-6-9)8-10-7-13-11(14-12)16-10/h7,9H,2-6,8,12H2,1H3,(H,13,14). The average molecular weight is 240 g/mol. The molecule has 4 nitrogen and oxygen atoms in total. The molecule has 1 aromatic heterocycles. The Kier molecular flexibility index (Phi) is 4.15. The van der Waals surface area contributed by atoms with Crippen molar-refractivity contribution in [2.24, 2.45) is 5.84 Å². The third kappa shape index (κ3) is 2.93. The number of hydrogen-bond donors (Lipinski definition) is 2. The second kappa shape index (κ2) is 5.61. The summed E-state index contributed by atoms with van der Waals surface area (Å²) in [5.41, 5.74) is 2.59. The zero-order chi connectivity index (χ0) is 11.4. The fourth-order valence-electron chi connectivity index (χ4n) is 2.34. The van der Waals surface area contributed by atoms with Gasteiger partial charge in [-0.1, -0.05) is 30.6 Å². The number of rotatable bonds is 4. The highest BCUT2D eigenvalue weighted by Crippen LogP contribution is 2.24. The van der Waals surface area contributed by atoms with Crippen molar-refractivity contribution in [1.82, 2.24) is 9.88 Å². The van der Waals surface area contributed by atoms with Crippen LogP contribution in [0.1, 0.15) is 37.0 Å². The van der Waals surface area contributed by atoms with Crippen LogP contribution in [0.3, 0.4) is 0 Å². The monoisotopic (exact) mass is 240 g/mol. The molecule has 0 unspecified atom stereocenters. The lowest BCUT2D eigenvalue weighted by Crippen LogP contribution is -2.32. The Hall–Kier alpha value is -0.650. The van der Waals surface area contributed by atoms with Crippen LogP contribution in [0.2, 0.25) is 0 Å². The third-order valence-electron chi connectivity index (χ3n) is 3.28. The van der Waals surface area contributed by atoms with Crippen molar-refractivity contribution in [3.63, 3.8) is 0 Å². The van der Waals surface area contributed by atoms with Crippen molar-refractivity contribution >= 4 is 16.5 Å². The lowest BCUT2D eigenvalue weighted by Gasteiger charge is -2.30. The van der Waals surface area contributed by atoms with Crippen molar-refractivity contribution < 1.29 is 0 Å². The zero-order valence-corrected chi connectivity index (χ0v) is 10.6. The summed E-state index contributed by atoms with van der Waals surface area (Å²) < 4.78 is 0. The van der Waals surface area contributed by atoms with E-state index in [4.69, 9.17) is 5.84 Å². The summed E-state index contributed by atoms with van der Waals surface area (Å²) >= 11 is 1.64. The lowest BCUT2D eigenvalue weighted by molar-refractivity contribution is 0.186. The zero-order valence-electron chi connectivity index (χ0n) is 9.78. The average Bonchev–Trinajstić information content (AvgIpc) is 2.78. The van der Waals surface area contributed by atoms with Crippen LogP contribution in [0.5, 0.6) is 0 Å². The smallest absolute Gasteiger partial charge is 0.197 e. The highest BCUT2D eigenvalue weighted by molar-refractivity contribution is 7.15. The van der Waals surface area contributed by atoms with E-state index < -0.39 is 0 Å². The van der Waals surface area contributed by atoms with E-state index in [1.54, 1.807) is 11.3 Å². The van der Waals surface area contributed by atoms with E-state index in [0.717, 1.165) is 17.7 Å². The number of nitrogens with two attached hydrogens (primary N) is 1. The van der Waals surface area contributed by atoms with Gasteiger partial charge in [0.05, 0.1) is 0 Å². The first-order valence-electron chi connectivity index (χ1n) is 5.91. The maximum atomic E-state index is 5.32. The lowest BCUT2D eigenvalue weighted by atomic mass is 9.94. The predicted octanol–water partition coefficient (Wildman–Crippen LogP) is 2.19. The minimum absolute atomic E-state index is 0.755. The van der Waals surface area contributed by atoms with Crippen LogP contribution < -0.4 is 11.3 Å². The molecule has 1 aliphatic carbocycles. The van der Waals surface area contributed by atoms with Crippen LogP contribution in [0.4, 0.5) is 5.13 Å². The molecule has 0 aromatic carbocycles. The Morgan fingerprint density at radius 3 is 2.88 bits per heavy atom. The molecule has 1 aromatic rings. The maximum Gasteiger partial charge on any atom is 0.197 e. The van der Waals surface area contributed by atoms with Gasteiger partial charge in [-0.2, -0.15) is 0 Å². The van der Waals surface area contributed by atoms with Gasteiger partial charge in [0.2, 0.25) is 0 Å². The molecule has 0 amide bonds. The second-order valence-electron chi connectivity index (χ2n) is 4.48. The molecule has 0 aliphatic heterocycles. The van der Waals surface area contributed by atoms with Crippen molar-refractivity contribution in [3.8, 4) is 0 Å². The van der Waals surface area contributed by atoms with Gasteiger partial charge in [0.25, 0.3) is 0 Å². The Morgan fingerprint density at radius 2 is 2.25 bits per heavy atom. The topological polar surface area (TPSA) is 54.2 Å². The van der Waals surface area contributed by atoms with Gasteiger partial charge in [-0.15, -0.1) is 0 Å². The number of nitrogens with one attached hydrogen (secondary N) is 1. The summed E-state index contributed by atoms with van der Waals surface area (Å²) in [4.78, 5) is 7.92. The van der Waals surface area contributed by atoms with E-state index in [0.29, 0.717) is 0 Å². The van der Waals surface area contributed by atoms with Crippen LogP contribution in [0, 0.1) is 0 Å². The Morgan fingerprint density at radius 1 is 1.50 bits per heavy atom. The molecule has 3 N–H and O–H groups in total. The van der Waals surface area contributed by atoms with Crippen LogP contribution in [0.15, 0.2) is 6.20 Å². The van der Waals surface area contributed by atoms with Crippen LogP contribution >= 0.6 is 11.3 Å². The summed E-state index contributed by atoms with van der Waals surface area (Å²) in [5.74, 6) is 5.32. The van der Waals surface area contributed by atoms with Crippen molar-refractivity contribution in [2.75, 3.05) is 12.5 Å². The van der Waals surface area contributed by atoms with Crippen molar-refractivity contribution in [2.45, 2.75) is 44.7 Å². The Labute approximate surface area is 101 Å². The Balaban J connectivity index is 1.87. The van der Waals surface area contributed by atoms with Crippen LogP contribution in [-0.2, 0) is 6.54 Å². The van der Waals surface area contributed by atoms with E-state index in [-0.39, 0.29) is 0 Å². The van der Waals surface area contributed by atoms with Crippen LogP contribution in [0.25, 0.3) is 0 Å². The number of nitrogen functional groups attached to an aromatic ring is 1. The summed E-state index contributed by atoms with van der Waals surface area (Å²) in [6, 6.07) is 0.755. The molecule has 0 radical (unpaired) electrons. The summed E-state index contributed by atoms with van der Waals surface area (Å²) in [5, 5.41) is 0.798. The number of anilines is 1. The molecule has 0 bridgehead atoms. The molecular formula is C11H20N4S. The maximum absolute atomic E-state index is 5.32. The number of thiazole rings is 1. The van der Waals surface area contributed by atoms with Crippen molar-refractivity contribution in [3.05, 3.63) is 11.1 Å². The number of nitrogens with zero attached hydrogens (tertiary/aromatic N) is 2. The molecule has 0 spiro atoms. The number of aromatic nitrogens is 1. The fourth-order valence-corrected chi connectivity index (χ4v) is 3.13. The molecule has 5 heteroatoms. The molecule has 0 saturated heterocycles. The van der Waals surface area contributed by atoms with E-state index in [2.05, 4.69) is 22.4 Å². The normalized spacial score (nSPS) is 17.9. The summed E-state index contributed by atoms with van der Waals surface area (Å²) in [6.45, 7) is 0.990. The first kappa shape index (κ1) is 11.8. The first-order valence-corrected chi connectivity index (χ1v) is 6.73. The minimum Gasteiger partial charge on any atom is -0.300 e. The molecule has 1 aliphatic rings. The van der Waals surface area contributed by atoms with Gasteiger partial charge in [0.15, 0.2) is 5.13 Å². The molecular weight excluding hydrogens is 220 g/mol. The first-order chi connectivity index (χ1) is 7.79. The molecule has 1 heterocycles. The fraction of sp³-hybridized carbons (Fsp3) is 0.727. The van der Waals surface area contributed by atoms with Crippen LogP contribution in [-0.4, -0.2) is 23.0 Å². The second-order valence-corrected chi connectivity index (χ2v) is 5.60. The molecule has 1 saturated carbocycles. The quantitative estimate of drug-likeness (QED) is 0.626. The number of hydrogen-bond acceptors (Lipinski definition) is 5. The summed E-state index contributed by atoms with van der Waals surface area (Å²) in [7, 11) is 2.21. The Bertz CT molecular complexity index is 320. The SMILES string of the molecule is CN(Cc1cnc(NN)s1)C1CCCCC1. The minimum atomic E-state index is 0.755. The van der Waals surface area contributed by atoms with E-state index in [1.807, 2.05) is 6.20 Å². The highest BCUT2D eigenvalue weighted by atomic mass is 32.1.